The highest BCUT2D eigenvalue weighted by molar-refractivity contribution is 5.98. The molecule has 1 amide bonds. The zero-order chi connectivity index (χ0) is 20.1. The number of ether oxygens (including phenoxy) is 1. The van der Waals surface area contributed by atoms with Gasteiger partial charge in [-0.1, -0.05) is 42.5 Å². The summed E-state index contributed by atoms with van der Waals surface area (Å²) >= 11 is 0. The number of carbonyl (C=O) groups excluding carboxylic acids is 1. The van der Waals surface area contributed by atoms with Crippen molar-refractivity contribution in [2.24, 2.45) is 0 Å². The van der Waals surface area contributed by atoms with Gasteiger partial charge in [-0.05, 0) is 67.3 Å². The zero-order valence-corrected chi connectivity index (χ0v) is 16.7. The van der Waals surface area contributed by atoms with Crippen LogP contribution in [0.2, 0.25) is 0 Å². The van der Waals surface area contributed by atoms with Crippen LogP contribution in [-0.4, -0.2) is 13.0 Å². The smallest absolute Gasteiger partial charge is 0.251 e. The second kappa shape index (κ2) is 8.61. The van der Waals surface area contributed by atoms with Crippen LogP contribution < -0.4 is 15.4 Å². The normalized spacial score (nSPS) is 11.6. The lowest BCUT2D eigenvalue weighted by Crippen LogP contribution is -2.27. The summed E-state index contributed by atoms with van der Waals surface area (Å²) in [6, 6.07) is 21.1. The molecule has 144 valence electrons. The molecule has 0 spiro atoms. The highest BCUT2D eigenvalue weighted by Crippen LogP contribution is 2.28. The number of benzene rings is 3. The van der Waals surface area contributed by atoms with Crippen molar-refractivity contribution in [3.8, 4) is 5.75 Å². The quantitative estimate of drug-likeness (QED) is 0.606. The Labute approximate surface area is 166 Å². The Kier molecular flexibility index (Phi) is 5.99. The molecule has 0 aliphatic carbocycles. The Bertz CT molecular complexity index is 947. The van der Waals surface area contributed by atoms with E-state index in [1.807, 2.05) is 81.4 Å². The molecule has 0 unspecified atom stereocenters. The van der Waals surface area contributed by atoms with E-state index in [1.165, 1.54) is 0 Å². The van der Waals surface area contributed by atoms with E-state index in [-0.39, 0.29) is 5.91 Å². The van der Waals surface area contributed by atoms with Crippen molar-refractivity contribution >= 4 is 17.3 Å². The van der Waals surface area contributed by atoms with Crippen molar-refractivity contribution in [2.75, 3.05) is 17.7 Å². The van der Waals surface area contributed by atoms with Crippen molar-refractivity contribution < 1.29 is 9.53 Å². The summed E-state index contributed by atoms with van der Waals surface area (Å²) in [6.45, 7) is 6.08. The Morgan fingerprint density at radius 1 is 0.857 bits per heavy atom. The molecule has 0 aliphatic heterocycles. The van der Waals surface area contributed by atoms with Gasteiger partial charge in [-0.25, -0.2) is 0 Å². The molecule has 0 saturated carbocycles. The lowest BCUT2D eigenvalue weighted by molar-refractivity contribution is -0.117. The number of aryl methyl sites for hydroxylation is 3. The van der Waals surface area contributed by atoms with Gasteiger partial charge < -0.3 is 15.4 Å². The number of carbonyl (C=O) groups is 1. The van der Waals surface area contributed by atoms with E-state index in [2.05, 4.69) is 16.7 Å². The molecular weight excluding hydrogens is 348 g/mol. The van der Waals surface area contributed by atoms with Gasteiger partial charge in [-0.3, -0.25) is 4.79 Å². The third-order valence-electron chi connectivity index (χ3n) is 4.54. The molecule has 0 bridgehead atoms. The van der Waals surface area contributed by atoms with Crippen LogP contribution in [0.15, 0.2) is 66.7 Å². The third-order valence-corrected chi connectivity index (χ3v) is 4.54. The lowest BCUT2D eigenvalue weighted by atomic mass is 10.0. The SMILES string of the molecule is COc1ccc(C)cc1NC(=O)[C@H](Nc1cc(C)cc(C)c1)c1ccccc1. The Hall–Kier alpha value is -3.27. The summed E-state index contributed by atoms with van der Waals surface area (Å²) in [5, 5.41) is 6.42. The van der Waals surface area contributed by atoms with E-state index in [4.69, 9.17) is 4.74 Å². The van der Waals surface area contributed by atoms with Gasteiger partial charge >= 0.3 is 0 Å². The number of methoxy groups -OCH3 is 1. The molecule has 1 atom stereocenters. The highest BCUT2D eigenvalue weighted by Gasteiger charge is 2.22. The van der Waals surface area contributed by atoms with Crippen molar-refractivity contribution in [3.63, 3.8) is 0 Å². The van der Waals surface area contributed by atoms with Crippen LogP contribution in [0.3, 0.4) is 0 Å². The molecule has 0 saturated heterocycles. The predicted octanol–water partition coefficient (Wildman–Crippen LogP) is 5.41. The van der Waals surface area contributed by atoms with E-state index in [0.717, 1.165) is 27.9 Å². The van der Waals surface area contributed by atoms with Gasteiger partial charge in [0.2, 0.25) is 0 Å². The fourth-order valence-corrected chi connectivity index (χ4v) is 3.29. The molecule has 0 aliphatic rings. The molecule has 3 rings (SSSR count). The number of amides is 1. The Morgan fingerprint density at radius 3 is 2.18 bits per heavy atom. The van der Waals surface area contributed by atoms with Crippen molar-refractivity contribution in [1.82, 2.24) is 0 Å². The van der Waals surface area contributed by atoms with Crippen molar-refractivity contribution in [3.05, 3.63) is 89.0 Å². The van der Waals surface area contributed by atoms with Crippen molar-refractivity contribution in [1.29, 1.82) is 0 Å². The van der Waals surface area contributed by atoms with E-state index in [0.29, 0.717) is 11.4 Å². The maximum absolute atomic E-state index is 13.2. The number of nitrogens with one attached hydrogen (secondary N) is 2. The van der Waals surface area contributed by atoms with Gasteiger partial charge in [-0.2, -0.15) is 0 Å². The summed E-state index contributed by atoms with van der Waals surface area (Å²) in [6.07, 6.45) is 0. The van der Waals surface area contributed by atoms with E-state index < -0.39 is 6.04 Å². The first-order valence-corrected chi connectivity index (χ1v) is 9.31. The standard InChI is InChI=1S/C24H26N2O2/c1-16-10-11-22(28-4)21(15-16)26-24(27)23(19-8-6-5-7-9-19)25-20-13-17(2)12-18(3)14-20/h5-15,23,25H,1-4H3,(H,26,27)/t23-/m1/s1. The largest absolute Gasteiger partial charge is 0.495 e. The van der Waals surface area contributed by atoms with Gasteiger partial charge in [0.1, 0.15) is 11.8 Å². The minimum absolute atomic E-state index is 0.144. The molecule has 4 heteroatoms. The van der Waals surface area contributed by atoms with Gasteiger partial charge in [-0.15, -0.1) is 0 Å². The van der Waals surface area contributed by atoms with Crippen LogP contribution in [0, 0.1) is 20.8 Å². The summed E-state index contributed by atoms with van der Waals surface area (Å²) in [7, 11) is 1.60. The fraction of sp³-hybridized carbons (Fsp3) is 0.208. The average Bonchev–Trinajstić information content (AvgIpc) is 2.66. The third kappa shape index (κ3) is 4.71. The summed E-state index contributed by atoms with van der Waals surface area (Å²) in [5.41, 5.74) is 5.82. The predicted molar refractivity (Wildman–Crippen MR) is 115 cm³/mol. The highest BCUT2D eigenvalue weighted by atomic mass is 16.5. The first-order valence-electron chi connectivity index (χ1n) is 9.31. The van der Waals surface area contributed by atoms with Gasteiger partial charge in [0.25, 0.3) is 5.91 Å². The Balaban J connectivity index is 1.93. The summed E-state index contributed by atoms with van der Waals surface area (Å²) in [4.78, 5) is 13.2. The minimum atomic E-state index is -0.535. The molecule has 3 aromatic carbocycles. The molecule has 28 heavy (non-hydrogen) atoms. The molecule has 2 N–H and O–H groups in total. The first-order chi connectivity index (χ1) is 13.5. The van der Waals surface area contributed by atoms with E-state index in [1.54, 1.807) is 7.11 Å². The van der Waals surface area contributed by atoms with Crippen LogP contribution in [-0.2, 0) is 4.79 Å². The van der Waals surface area contributed by atoms with Gasteiger partial charge in [0.05, 0.1) is 12.8 Å². The van der Waals surface area contributed by atoms with Crippen LogP contribution in [0.1, 0.15) is 28.3 Å². The van der Waals surface area contributed by atoms with Crippen LogP contribution in [0.4, 0.5) is 11.4 Å². The van der Waals surface area contributed by atoms with Crippen LogP contribution >= 0.6 is 0 Å². The Morgan fingerprint density at radius 2 is 1.54 bits per heavy atom. The maximum atomic E-state index is 13.2. The fourth-order valence-electron chi connectivity index (χ4n) is 3.29. The molecule has 3 aromatic rings. The van der Waals surface area contributed by atoms with Gasteiger partial charge in [0.15, 0.2) is 0 Å². The van der Waals surface area contributed by atoms with E-state index >= 15 is 0 Å². The molecular formula is C24H26N2O2. The number of hydrogen-bond donors (Lipinski definition) is 2. The number of rotatable bonds is 6. The van der Waals surface area contributed by atoms with Crippen LogP contribution in [0.25, 0.3) is 0 Å². The lowest BCUT2D eigenvalue weighted by Gasteiger charge is -2.21. The molecule has 4 nitrogen and oxygen atoms in total. The monoisotopic (exact) mass is 374 g/mol. The van der Waals surface area contributed by atoms with Gasteiger partial charge in [0, 0.05) is 5.69 Å². The summed E-state index contributed by atoms with van der Waals surface area (Å²) < 4.78 is 5.40. The first kappa shape index (κ1) is 19.5. The molecule has 0 heterocycles. The average molecular weight is 374 g/mol. The number of anilines is 2. The van der Waals surface area contributed by atoms with Crippen LogP contribution in [0.5, 0.6) is 5.75 Å². The topological polar surface area (TPSA) is 50.4 Å². The van der Waals surface area contributed by atoms with Crippen molar-refractivity contribution in [2.45, 2.75) is 26.8 Å². The summed E-state index contributed by atoms with van der Waals surface area (Å²) in [5.74, 6) is 0.492. The van der Waals surface area contributed by atoms with E-state index in [9.17, 15) is 4.79 Å². The maximum Gasteiger partial charge on any atom is 0.251 e. The molecule has 0 aromatic heterocycles. The minimum Gasteiger partial charge on any atom is -0.495 e. The second-order valence-corrected chi connectivity index (χ2v) is 7.06. The molecule has 0 fully saturated rings. The number of hydrogen-bond acceptors (Lipinski definition) is 3. The second-order valence-electron chi connectivity index (χ2n) is 7.06. The zero-order valence-electron chi connectivity index (χ0n) is 16.7. The molecule has 0 radical (unpaired) electrons.